The van der Waals surface area contributed by atoms with Crippen molar-refractivity contribution in [3.05, 3.63) is 12.7 Å². The fourth-order valence-electron chi connectivity index (χ4n) is 0.149. The molecular weight excluding hydrogens is 249 g/mol. The van der Waals surface area contributed by atoms with Crippen molar-refractivity contribution in [2.24, 2.45) is 0 Å². The molecule has 0 aromatic heterocycles. The first-order chi connectivity index (χ1) is 5.30. The number of halogens is 5. The van der Waals surface area contributed by atoms with Crippen molar-refractivity contribution in [1.29, 1.82) is 0 Å². The summed E-state index contributed by atoms with van der Waals surface area (Å²) in [4.78, 5) is 0. The van der Waals surface area contributed by atoms with E-state index in [-0.39, 0.29) is 26.0 Å². The maximum Gasteiger partial charge on any atom is 1.00 e. The van der Waals surface area contributed by atoms with E-state index in [1.165, 1.54) is 0 Å². The summed E-state index contributed by atoms with van der Waals surface area (Å²) >= 11 is 0. The summed E-state index contributed by atoms with van der Waals surface area (Å²) in [5.41, 5.74) is 0. The first-order valence-electron chi connectivity index (χ1n) is 2.47. The average molecular weight is 256 g/mol. The smallest absolute Gasteiger partial charge is 1.00 e. The molecule has 1 N–H and O–H groups in total. The van der Waals surface area contributed by atoms with Gasteiger partial charge in [0, 0.05) is 0 Å². The fourth-order valence-corrected chi connectivity index (χ4v) is 0.447. The molecule has 0 spiro atoms. The standard InChI is InChI=1S/C3H6O3S.F5P.Li.H/c1-2-3-7(4,5)6;1-6(2,3,4)5;;/h2H,1,3H2,(H,4,5,6);;;/q;;+1;-1. The molecule has 0 saturated carbocycles. The molecule has 0 atom stereocenters. The molecule has 0 aromatic rings. The summed E-state index contributed by atoms with van der Waals surface area (Å²) in [5, 5.41) is 0. The quantitative estimate of drug-likeness (QED) is 0.251. The largest absolute Gasteiger partial charge is 1.00 e. The van der Waals surface area contributed by atoms with Crippen LogP contribution in [0.5, 0.6) is 0 Å². The van der Waals surface area contributed by atoms with Gasteiger partial charge in [0.15, 0.2) is 0 Å². The van der Waals surface area contributed by atoms with Gasteiger partial charge >= 0.3 is 48.0 Å². The first-order valence-corrected chi connectivity index (χ1v) is 5.77. The molecule has 84 valence electrons. The minimum Gasteiger partial charge on any atom is -1.00 e. The molecule has 0 aromatic carbocycles. The maximum atomic E-state index is 9.84. The van der Waals surface area contributed by atoms with Crippen molar-refractivity contribution in [2.75, 3.05) is 5.75 Å². The molecule has 0 radical (unpaired) electrons. The summed E-state index contributed by atoms with van der Waals surface area (Å²) in [6, 6.07) is 0. The van der Waals surface area contributed by atoms with Crippen LogP contribution in [0.4, 0.5) is 21.0 Å². The molecule has 0 saturated heterocycles. The molecular formula is C3H7F5LiO3PS. The van der Waals surface area contributed by atoms with Gasteiger partial charge in [-0.3, -0.25) is 4.55 Å². The Morgan fingerprint density at radius 3 is 1.50 bits per heavy atom. The Morgan fingerprint density at radius 2 is 1.50 bits per heavy atom. The molecule has 14 heavy (non-hydrogen) atoms. The van der Waals surface area contributed by atoms with Crippen LogP contribution in [0.1, 0.15) is 1.43 Å². The van der Waals surface area contributed by atoms with Gasteiger partial charge in [0.1, 0.15) is 0 Å². The fraction of sp³-hybridized carbons (Fsp3) is 0.333. The third-order valence-corrected chi connectivity index (χ3v) is 0.985. The van der Waals surface area contributed by atoms with Crippen LogP contribution in [-0.4, -0.2) is 18.7 Å². The van der Waals surface area contributed by atoms with Gasteiger partial charge in [-0.1, -0.05) is 6.08 Å². The normalized spacial score (nSPS) is 13.7. The maximum absolute atomic E-state index is 9.84. The minimum absolute atomic E-state index is 0. The first kappa shape index (κ1) is 19.8. The van der Waals surface area contributed by atoms with Crippen molar-refractivity contribution in [3.8, 4) is 0 Å². The van der Waals surface area contributed by atoms with Crippen LogP contribution < -0.4 is 18.9 Å². The molecule has 0 fully saturated rings. The third-order valence-electron chi connectivity index (χ3n) is 0.328. The summed E-state index contributed by atoms with van der Waals surface area (Å²) < 4.78 is 76.5. The molecule has 3 nitrogen and oxygen atoms in total. The third kappa shape index (κ3) is 84.5. The van der Waals surface area contributed by atoms with Gasteiger partial charge in [-0.05, 0) is 0 Å². The minimum atomic E-state index is -8.55. The zero-order chi connectivity index (χ0) is 11.4. The topological polar surface area (TPSA) is 54.4 Å². The Balaban J connectivity index is -0.0000000718. The van der Waals surface area contributed by atoms with Crippen molar-refractivity contribution in [2.45, 2.75) is 0 Å². The van der Waals surface area contributed by atoms with Crippen LogP contribution in [-0.2, 0) is 10.1 Å². The average Bonchev–Trinajstić information content (AvgIpc) is 1.51. The SMILES string of the molecule is C=CCS(=O)(=O)O.FP(F)(F)(F)F.[H-].[Li+]. The second-order valence-corrected chi connectivity index (χ2v) is 4.45. The molecule has 0 aliphatic heterocycles. The van der Waals surface area contributed by atoms with Crippen molar-refractivity contribution < 1.29 is 54.2 Å². The molecule has 11 heteroatoms. The van der Waals surface area contributed by atoms with Gasteiger partial charge < -0.3 is 1.43 Å². The van der Waals surface area contributed by atoms with Gasteiger partial charge in [0.05, 0.1) is 5.75 Å². The van der Waals surface area contributed by atoms with E-state index >= 15 is 0 Å². The van der Waals surface area contributed by atoms with Gasteiger partial charge in [0.25, 0.3) is 10.1 Å². The van der Waals surface area contributed by atoms with Gasteiger partial charge in [0.2, 0.25) is 0 Å². The summed E-state index contributed by atoms with van der Waals surface area (Å²) in [6.45, 7) is 3.11. The van der Waals surface area contributed by atoms with E-state index in [4.69, 9.17) is 4.55 Å². The Hall–Kier alpha value is 0.327. The predicted octanol–water partition coefficient (Wildman–Crippen LogP) is 0.139. The van der Waals surface area contributed by atoms with E-state index in [1.54, 1.807) is 0 Å². The Morgan fingerprint density at radius 1 is 1.29 bits per heavy atom. The Bertz CT molecular complexity index is 258. The molecule has 0 rings (SSSR count). The van der Waals surface area contributed by atoms with Crippen molar-refractivity contribution >= 4 is 18.3 Å². The molecule has 0 unspecified atom stereocenters. The monoisotopic (exact) mass is 256 g/mol. The van der Waals surface area contributed by atoms with E-state index < -0.39 is 18.3 Å². The Kier molecular flexibility index (Phi) is 8.54. The van der Waals surface area contributed by atoms with Crippen LogP contribution in [0, 0.1) is 0 Å². The molecule has 0 bridgehead atoms. The van der Waals surface area contributed by atoms with Crippen LogP contribution in [0.15, 0.2) is 12.7 Å². The second-order valence-electron chi connectivity index (χ2n) is 1.68. The van der Waals surface area contributed by atoms with E-state index in [0.717, 1.165) is 6.08 Å². The van der Waals surface area contributed by atoms with E-state index in [1.807, 2.05) is 0 Å². The van der Waals surface area contributed by atoms with E-state index in [0.29, 0.717) is 0 Å². The summed E-state index contributed by atoms with van der Waals surface area (Å²) in [5.74, 6) is -0.368. The predicted molar refractivity (Wildman–Crippen MR) is 40.2 cm³/mol. The molecule has 0 heterocycles. The van der Waals surface area contributed by atoms with Crippen molar-refractivity contribution in [3.63, 3.8) is 0 Å². The molecule has 0 aliphatic carbocycles. The number of rotatable bonds is 2. The summed E-state index contributed by atoms with van der Waals surface area (Å²) in [7, 11) is -12.3. The summed E-state index contributed by atoms with van der Waals surface area (Å²) in [6.07, 6.45) is 1.12. The van der Waals surface area contributed by atoms with Crippen molar-refractivity contribution in [1.82, 2.24) is 0 Å². The van der Waals surface area contributed by atoms with E-state index in [9.17, 15) is 29.4 Å². The molecule has 0 aliphatic rings. The van der Waals surface area contributed by atoms with E-state index in [2.05, 4.69) is 6.58 Å². The Labute approximate surface area is 91.3 Å². The zero-order valence-corrected chi connectivity index (χ0v) is 8.71. The van der Waals surface area contributed by atoms with Gasteiger partial charge in [-0.15, -0.1) is 6.58 Å². The van der Waals surface area contributed by atoms with Gasteiger partial charge in [-0.25, -0.2) is 0 Å². The second kappa shape index (κ2) is 6.03. The number of hydrogen-bond donors (Lipinski definition) is 1. The van der Waals surface area contributed by atoms with Gasteiger partial charge in [-0.2, -0.15) is 8.42 Å². The number of hydrogen-bond acceptors (Lipinski definition) is 2. The van der Waals surface area contributed by atoms with Crippen LogP contribution in [0.25, 0.3) is 0 Å². The van der Waals surface area contributed by atoms with Crippen LogP contribution >= 0.6 is 8.16 Å². The van der Waals surface area contributed by atoms with Crippen LogP contribution in [0.3, 0.4) is 0 Å². The molecule has 0 amide bonds. The van der Waals surface area contributed by atoms with Crippen LogP contribution in [0.2, 0.25) is 0 Å². The zero-order valence-electron chi connectivity index (χ0n) is 8.00.